The minimum atomic E-state index is -3.48. The minimum Gasteiger partial charge on any atom is -0.335 e. The highest BCUT2D eigenvalue weighted by molar-refractivity contribution is 7.88. The Labute approximate surface area is 146 Å². The molecule has 1 aliphatic heterocycles. The lowest BCUT2D eigenvalue weighted by Gasteiger charge is -2.27. The number of hydrogen-bond acceptors (Lipinski definition) is 3. The van der Waals surface area contributed by atoms with E-state index in [1.165, 1.54) is 22.5 Å². The number of aryl methyl sites for hydroxylation is 1. The molecule has 130 valence electrons. The topological polar surface area (TPSA) is 55.2 Å². The fourth-order valence-electron chi connectivity index (χ4n) is 3.01. The van der Waals surface area contributed by atoms with Crippen LogP contribution in [0.25, 0.3) is 0 Å². The van der Waals surface area contributed by atoms with Crippen LogP contribution in [0.5, 0.6) is 0 Å². The highest BCUT2D eigenvalue weighted by atomic mass is 35.5. The Balaban J connectivity index is 1.65. The lowest BCUT2D eigenvalue weighted by molar-refractivity contribution is 0.303. The molecule has 1 aliphatic rings. The average molecular weight is 372 g/mol. The quantitative estimate of drug-likeness (QED) is 0.812. The zero-order valence-electron chi connectivity index (χ0n) is 13.3. The maximum absolute atomic E-state index is 13.2. The number of aromatic nitrogens is 2. The minimum absolute atomic E-state index is 0.0646. The molecular formula is C16H19ClFN3O2S. The Bertz CT molecular complexity index is 838. The highest BCUT2D eigenvalue weighted by Gasteiger charge is 2.25. The molecule has 0 amide bonds. The van der Waals surface area contributed by atoms with E-state index in [2.05, 4.69) is 9.55 Å². The van der Waals surface area contributed by atoms with Crippen LogP contribution in [0.4, 0.5) is 4.39 Å². The van der Waals surface area contributed by atoms with Gasteiger partial charge in [0.15, 0.2) is 0 Å². The summed E-state index contributed by atoms with van der Waals surface area (Å²) in [6, 6.07) is 4.00. The van der Waals surface area contributed by atoms with Crippen LogP contribution >= 0.6 is 11.6 Å². The first-order valence-electron chi connectivity index (χ1n) is 7.73. The third-order valence-corrected chi connectivity index (χ3v) is 6.44. The summed E-state index contributed by atoms with van der Waals surface area (Å²) in [5, 5.41) is -0.0646. The molecule has 0 radical (unpaired) electrons. The van der Waals surface area contributed by atoms with Gasteiger partial charge in [-0.1, -0.05) is 17.7 Å². The van der Waals surface area contributed by atoms with E-state index in [9.17, 15) is 12.8 Å². The van der Waals surface area contributed by atoms with E-state index in [1.54, 1.807) is 13.2 Å². The molecule has 2 aromatic rings. The normalized spacial score (nSPS) is 17.9. The van der Waals surface area contributed by atoms with Gasteiger partial charge in [-0.25, -0.2) is 22.1 Å². The molecular weight excluding hydrogens is 353 g/mol. The van der Waals surface area contributed by atoms with Crippen molar-refractivity contribution in [1.82, 2.24) is 13.9 Å². The number of halogens is 2. The van der Waals surface area contributed by atoms with Gasteiger partial charge >= 0.3 is 0 Å². The van der Waals surface area contributed by atoms with Crippen molar-refractivity contribution in [3.8, 4) is 0 Å². The largest absolute Gasteiger partial charge is 0.335 e. The van der Waals surface area contributed by atoms with Crippen molar-refractivity contribution < 1.29 is 12.8 Å². The molecule has 8 heteroatoms. The van der Waals surface area contributed by atoms with E-state index in [0.717, 1.165) is 25.2 Å². The van der Waals surface area contributed by atoms with Crippen molar-refractivity contribution in [2.24, 2.45) is 5.92 Å². The molecule has 2 heterocycles. The van der Waals surface area contributed by atoms with E-state index < -0.39 is 15.8 Å². The molecule has 0 N–H and O–H groups in total. The number of hydrogen-bond donors (Lipinski definition) is 0. The lowest BCUT2D eigenvalue weighted by atomic mass is 10.00. The number of fused-ring (bicyclic) bond motifs is 1. The molecule has 3 rings (SSSR count). The first-order chi connectivity index (χ1) is 11.3. The van der Waals surface area contributed by atoms with Crippen molar-refractivity contribution in [3.63, 3.8) is 0 Å². The molecule has 0 fully saturated rings. The Morgan fingerprint density at radius 3 is 3.00 bits per heavy atom. The van der Waals surface area contributed by atoms with Gasteiger partial charge in [0.2, 0.25) is 10.0 Å². The summed E-state index contributed by atoms with van der Waals surface area (Å²) in [6.07, 6.45) is 5.48. The second-order valence-electron chi connectivity index (χ2n) is 6.19. The molecule has 0 unspecified atom stereocenters. The van der Waals surface area contributed by atoms with Gasteiger partial charge < -0.3 is 4.57 Å². The summed E-state index contributed by atoms with van der Waals surface area (Å²) in [5.74, 6) is 0.567. The van der Waals surface area contributed by atoms with E-state index in [-0.39, 0.29) is 16.7 Å². The second-order valence-corrected chi connectivity index (χ2v) is 8.67. The van der Waals surface area contributed by atoms with Crippen molar-refractivity contribution in [1.29, 1.82) is 0 Å². The average Bonchev–Trinajstić information content (AvgIpc) is 2.98. The molecule has 0 spiro atoms. The predicted molar refractivity (Wildman–Crippen MR) is 90.7 cm³/mol. The number of sulfonamides is 1. The molecule has 0 bridgehead atoms. The molecule has 1 aromatic heterocycles. The zero-order chi connectivity index (χ0) is 17.3. The Kier molecular flexibility index (Phi) is 4.94. The standard InChI is InChI=1S/C16H19ClFN3O2S/c1-20(9-13-3-5-16-19-6-7-21(16)10-13)24(22,23)11-12-2-4-15(18)14(17)8-12/h2,4,6-8,13H,3,5,9-11H2,1H3/t13-/m1/s1. The summed E-state index contributed by atoms with van der Waals surface area (Å²) in [5.41, 5.74) is 0.480. The molecule has 5 nitrogen and oxygen atoms in total. The Morgan fingerprint density at radius 2 is 2.25 bits per heavy atom. The Morgan fingerprint density at radius 1 is 1.46 bits per heavy atom. The van der Waals surface area contributed by atoms with Gasteiger partial charge in [-0.2, -0.15) is 0 Å². The van der Waals surface area contributed by atoms with Crippen LogP contribution in [0.2, 0.25) is 5.02 Å². The van der Waals surface area contributed by atoms with Crippen LogP contribution in [-0.2, 0) is 28.7 Å². The van der Waals surface area contributed by atoms with Crippen LogP contribution in [0.3, 0.4) is 0 Å². The molecule has 1 aromatic carbocycles. The van der Waals surface area contributed by atoms with E-state index in [4.69, 9.17) is 11.6 Å². The third-order valence-electron chi connectivity index (χ3n) is 4.36. The van der Waals surface area contributed by atoms with Crippen molar-refractivity contribution >= 4 is 21.6 Å². The molecule has 0 aliphatic carbocycles. The van der Waals surface area contributed by atoms with Gasteiger partial charge in [0.05, 0.1) is 10.8 Å². The number of imidazole rings is 1. The highest BCUT2D eigenvalue weighted by Crippen LogP contribution is 2.22. The van der Waals surface area contributed by atoms with Crippen molar-refractivity contribution in [3.05, 3.63) is 52.8 Å². The van der Waals surface area contributed by atoms with Gasteiger partial charge in [-0.15, -0.1) is 0 Å². The van der Waals surface area contributed by atoms with Gasteiger partial charge in [0.25, 0.3) is 0 Å². The van der Waals surface area contributed by atoms with Gasteiger partial charge in [0, 0.05) is 39.0 Å². The molecule has 0 saturated carbocycles. The van der Waals surface area contributed by atoms with Crippen LogP contribution in [0.1, 0.15) is 17.8 Å². The van der Waals surface area contributed by atoms with Crippen molar-refractivity contribution in [2.75, 3.05) is 13.6 Å². The maximum Gasteiger partial charge on any atom is 0.218 e. The van der Waals surface area contributed by atoms with E-state index in [1.807, 2.05) is 6.20 Å². The number of rotatable bonds is 5. The third kappa shape index (κ3) is 3.79. The second kappa shape index (κ2) is 6.82. The van der Waals surface area contributed by atoms with Crippen LogP contribution in [-0.4, -0.2) is 35.9 Å². The Hall–Kier alpha value is -1.44. The van der Waals surface area contributed by atoms with Crippen LogP contribution in [0.15, 0.2) is 30.6 Å². The SMILES string of the molecule is CN(C[C@H]1CCc2nccn2C1)S(=O)(=O)Cc1ccc(F)c(Cl)c1. The van der Waals surface area contributed by atoms with Gasteiger partial charge in [-0.3, -0.25) is 0 Å². The van der Waals surface area contributed by atoms with Gasteiger partial charge in [0.1, 0.15) is 11.6 Å². The monoisotopic (exact) mass is 371 g/mol. The predicted octanol–water partition coefficient (Wildman–Crippen LogP) is 2.70. The molecule has 0 saturated heterocycles. The first kappa shape index (κ1) is 17.4. The summed E-state index contributed by atoms with van der Waals surface area (Å²) >= 11 is 5.72. The summed E-state index contributed by atoms with van der Waals surface area (Å²) in [4.78, 5) is 4.28. The fraction of sp³-hybridized carbons (Fsp3) is 0.438. The number of nitrogens with zero attached hydrogens (tertiary/aromatic N) is 3. The zero-order valence-corrected chi connectivity index (χ0v) is 14.9. The van der Waals surface area contributed by atoms with Crippen LogP contribution in [0, 0.1) is 11.7 Å². The summed E-state index contributed by atoms with van der Waals surface area (Å²) in [6.45, 7) is 1.23. The van der Waals surface area contributed by atoms with E-state index in [0.29, 0.717) is 12.1 Å². The first-order valence-corrected chi connectivity index (χ1v) is 9.72. The fourth-order valence-corrected chi connectivity index (χ4v) is 4.48. The number of benzene rings is 1. The van der Waals surface area contributed by atoms with Crippen molar-refractivity contribution in [2.45, 2.75) is 25.1 Å². The van der Waals surface area contributed by atoms with E-state index >= 15 is 0 Å². The molecule has 1 atom stereocenters. The van der Waals surface area contributed by atoms with Crippen LogP contribution < -0.4 is 0 Å². The smallest absolute Gasteiger partial charge is 0.218 e. The molecule has 24 heavy (non-hydrogen) atoms. The summed E-state index contributed by atoms with van der Waals surface area (Å²) in [7, 11) is -1.89. The lowest BCUT2D eigenvalue weighted by Crippen LogP contribution is -2.36. The summed E-state index contributed by atoms with van der Waals surface area (Å²) < 4.78 is 41.7. The maximum atomic E-state index is 13.2. The van der Waals surface area contributed by atoms with Gasteiger partial charge in [-0.05, 0) is 30.0 Å².